The van der Waals surface area contributed by atoms with Gasteiger partial charge in [0.2, 0.25) is 0 Å². The molecule has 1 N–H and O–H groups in total. The van der Waals surface area contributed by atoms with Crippen molar-refractivity contribution in [1.29, 1.82) is 0 Å². The first-order chi connectivity index (χ1) is 10.4. The summed E-state index contributed by atoms with van der Waals surface area (Å²) in [5.41, 5.74) is 4.58. The molecule has 0 spiro atoms. The van der Waals surface area contributed by atoms with Crippen LogP contribution in [0.4, 0.5) is 11.4 Å². The number of nitrogens with one attached hydrogen (secondary N) is 1. The molecule has 102 valence electrons. The lowest BCUT2D eigenvalue weighted by Gasteiger charge is -2.06. The predicted molar refractivity (Wildman–Crippen MR) is 91.5 cm³/mol. The van der Waals surface area contributed by atoms with Crippen LogP contribution in [-0.2, 0) is 0 Å². The summed E-state index contributed by atoms with van der Waals surface area (Å²) in [6, 6.07) is 28.9. The van der Waals surface area contributed by atoms with E-state index < -0.39 is 0 Å². The highest BCUT2D eigenvalue weighted by molar-refractivity contribution is 5.72. The van der Waals surface area contributed by atoms with Crippen LogP contribution in [0.2, 0.25) is 0 Å². The maximum Gasteiger partial charge on any atom is 0.0390 e. The van der Waals surface area contributed by atoms with E-state index in [2.05, 4.69) is 66.0 Å². The van der Waals surface area contributed by atoms with E-state index in [1.165, 1.54) is 11.1 Å². The highest BCUT2D eigenvalue weighted by Gasteiger charge is 1.94. The van der Waals surface area contributed by atoms with Crippen LogP contribution in [0.1, 0.15) is 11.1 Å². The largest absolute Gasteiger partial charge is 0.356 e. The average Bonchev–Trinajstić information content (AvgIpc) is 2.55. The van der Waals surface area contributed by atoms with Gasteiger partial charge in [-0.2, -0.15) is 0 Å². The molecule has 3 aromatic rings. The zero-order chi connectivity index (χ0) is 14.3. The van der Waals surface area contributed by atoms with Crippen molar-refractivity contribution in [2.45, 2.75) is 0 Å². The topological polar surface area (TPSA) is 12.0 Å². The van der Waals surface area contributed by atoms with Crippen molar-refractivity contribution in [3.63, 3.8) is 0 Å². The van der Waals surface area contributed by atoms with Crippen molar-refractivity contribution in [2.75, 3.05) is 5.32 Å². The molecule has 0 bridgehead atoms. The molecule has 0 saturated heterocycles. The van der Waals surface area contributed by atoms with Gasteiger partial charge in [-0.15, -0.1) is 0 Å². The quantitative estimate of drug-likeness (QED) is 0.609. The van der Waals surface area contributed by atoms with Crippen molar-refractivity contribution in [3.8, 4) is 0 Å². The molecule has 1 nitrogen and oxygen atoms in total. The second-order valence-electron chi connectivity index (χ2n) is 4.86. The minimum absolute atomic E-state index is 1.09. The second kappa shape index (κ2) is 6.58. The van der Waals surface area contributed by atoms with E-state index in [1.807, 2.05) is 36.4 Å². The molecule has 3 aromatic carbocycles. The summed E-state index contributed by atoms with van der Waals surface area (Å²) >= 11 is 0. The standard InChI is InChI=1S/C20H17N/c1-3-8-17(9-4-1)14-15-18-10-7-13-20(16-18)21-19-11-5-2-6-12-19/h1-16,21H. The SMILES string of the molecule is C(=Cc1cccc(Nc2ccccc2)c1)c1ccccc1. The first kappa shape index (κ1) is 13.2. The van der Waals surface area contributed by atoms with Crippen molar-refractivity contribution >= 4 is 23.5 Å². The van der Waals surface area contributed by atoms with E-state index in [4.69, 9.17) is 0 Å². The summed E-state index contributed by atoms with van der Waals surface area (Å²) in [4.78, 5) is 0. The number of hydrogen-bond donors (Lipinski definition) is 1. The maximum absolute atomic E-state index is 3.41. The molecule has 0 aliphatic rings. The third kappa shape index (κ3) is 3.83. The summed E-state index contributed by atoms with van der Waals surface area (Å²) in [6.45, 7) is 0. The first-order valence-electron chi connectivity index (χ1n) is 7.05. The van der Waals surface area contributed by atoms with Gasteiger partial charge in [0.15, 0.2) is 0 Å². The van der Waals surface area contributed by atoms with Gasteiger partial charge in [0.1, 0.15) is 0 Å². The van der Waals surface area contributed by atoms with E-state index in [0.717, 1.165) is 11.4 Å². The molecule has 0 aliphatic carbocycles. The van der Waals surface area contributed by atoms with E-state index in [-0.39, 0.29) is 0 Å². The molecule has 0 heterocycles. The van der Waals surface area contributed by atoms with Crippen LogP contribution in [0.5, 0.6) is 0 Å². The molecule has 0 radical (unpaired) electrons. The highest BCUT2D eigenvalue weighted by atomic mass is 14.9. The van der Waals surface area contributed by atoms with Crippen LogP contribution in [0, 0.1) is 0 Å². The van der Waals surface area contributed by atoms with Gasteiger partial charge >= 0.3 is 0 Å². The Bertz CT molecular complexity index is 715. The molecule has 0 unspecified atom stereocenters. The Morgan fingerprint density at radius 2 is 1.10 bits per heavy atom. The molecule has 1 heteroatoms. The molecular formula is C20H17N. The first-order valence-corrected chi connectivity index (χ1v) is 7.05. The van der Waals surface area contributed by atoms with Gasteiger partial charge in [0.25, 0.3) is 0 Å². The van der Waals surface area contributed by atoms with E-state index in [9.17, 15) is 0 Å². The lowest BCUT2D eigenvalue weighted by Crippen LogP contribution is -1.89. The summed E-state index contributed by atoms with van der Waals surface area (Å²) in [5.74, 6) is 0. The smallest absolute Gasteiger partial charge is 0.0390 e. The molecule has 0 aliphatic heterocycles. The van der Waals surface area contributed by atoms with E-state index in [1.54, 1.807) is 0 Å². The predicted octanol–water partition coefficient (Wildman–Crippen LogP) is 5.60. The van der Waals surface area contributed by atoms with Gasteiger partial charge in [-0.1, -0.05) is 72.8 Å². The Morgan fingerprint density at radius 1 is 0.524 bits per heavy atom. The van der Waals surface area contributed by atoms with Crippen LogP contribution in [-0.4, -0.2) is 0 Å². The van der Waals surface area contributed by atoms with Crippen LogP contribution in [0.25, 0.3) is 12.2 Å². The summed E-state index contributed by atoms with van der Waals surface area (Å²) in [5, 5.41) is 3.41. The van der Waals surface area contributed by atoms with Gasteiger partial charge in [-0.05, 0) is 35.4 Å². The van der Waals surface area contributed by atoms with Gasteiger partial charge in [-0.3, -0.25) is 0 Å². The van der Waals surface area contributed by atoms with Crippen LogP contribution in [0.15, 0.2) is 84.9 Å². The fourth-order valence-corrected chi connectivity index (χ4v) is 2.16. The Kier molecular flexibility index (Phi) is 4.13. The second-order valence-corrected chi connectivity index (χ2v) is 4.86. The monoisotopic (exact) mass is 271 g/mol. The van der Waals surface area contributed by atoms with E-state index in [0.29, 0.717) is 0 Å². The zero-order valence-corrected chi connectivity index (χ0v) is 11.7. The third-order valence-corrected chi connectivity index (χ3v) is 3.22. The fraction of sp³-hybridized carbons (Fsp3) is 0. The number of rotatable bonds is 4. The number of hydrogen-bond acceptors (Lipinski definition) is 1. The summed E-state index contributed by atoms with van der Waals surface area (Å²) in [7, 11) is 0. The molecular weight excluding hydrogens is 254 g/mol. The molecule has 3 rings (SSSR count). The normalized spacial score (nSPS) is 10.7. The van der Waals surface area contributed by atoms with Crippen LogP contribution < -0.4 is 5.32 Å². The molecule has 0 fully saturated rings. The Labute approximate surface area is 125 Å². The fourth-order valence-electron chi connectivity index (χ4n) is 2.16. The average molecular weight is 271 g/mol. The lowest BCUT2D eigenvalue weighted by molar-refractivity contribution is 1.54. The zero-order valence-electron chi connectivity index (χ0n) is 11.7. The van der Waals surface area contributed by atoms with Crippen molar-refractivity contribution in [3.05, 3.63) is 96.1 Å². The minimum atomic E-state index is 1.09. The highest BCUT2D eigenvalue weighted by Crippen LogP contribution is 2.18. The maximum atomic E-state index is 3.41. The summed E-state index contributed by atoms with van der Waals surface area (Å²) in [6.07, 6.45) is 4.26. The van der Waals surface area contributed by atoms with Gasteiger partial charge in [0, 0.05) is 11.4 Å². The number of para-hydroxylation sites is 1. The van der Waals surface area contributed by atoms with E-state index >= 15 is 0 Å². The number of anilines is 2. The van der Waals surface area contributed by atoms with Crippen molar-refractivity contribution in [1.82, 2.24) is 0 Å². The van der Waals surface area contributed by atoms with Crippen molar-refractivity contribution in [2.24, 2.45) is 0 Å². The summed E-state index contributed by atoms with van der Waals surface area (Å²) < 4.78 is 0. The lowest BCUT2D eigenvalue weighted by atomic mass is 10.1. The molecule has 0 amide bonds. The van der Waals surface area contributed by atoms with Crippen LogP contribution >= 0.6 is 0 Å². The molecule has 21 heavy (non-hydrogen) atoms. The molecule has 0 aromatic heterocycles. The molecule has 0 saturated carbocycles. The number of benzene rings is 3. The Morgan fingerprint density at radius 3 is 1.86 bits per heavy atom. The van der Waals surface area contributed by atoms with Crippen molar-refractivity contribution < 1.29 is 0 Å². The molecule has 0 atom stereocenters. The third-order valence-electron chi connectivity index (χ3n) is 3.22. The van der Waals surface area contributed by atoms with Crippen LogP contribution in [0.3, 0.4) is 0 Å². The minimum Gasteiger partial charge on any atom is -0.356 e. The van der Waals surface area contributed by atoms with Gasteiger partial charge < -0.3 is 5.32 Å². The Balaban J connectivity index is 1.76. The van der Waals surface area contributed by atoms with Gasteiger partial charge in [-0.25, -0.2) is 0 Å². The van der Waals surface area contributed by atoms with Gasteiger partial charge in [0.05, 0.1) is 0 Å². The Hall–Kier alpha value is -2.80.